The van der Waals surface area contributed by atoms with Gasteiger partial charge in [0.25, 0.3) is 0 Å². The zero-order valence-corrected chi connectivity index (χ0v) is 18.7. The molecule has 2 heterocycles. The summed E-state index contributed by atoms with van der Waals surface area (Å²) < 4.78 is 61.7. The Morgan fingerprint density at radius 1 is 1.21 bits per heavy atom. The largest absolute Gasteiger partial charge is 0.481 e. The number of carbonyl (C=O) groups excluding carboxylic acids is 1. The van der Waals surface area contributed by atoms with Crippen molar-refractivity contribution in [1.29, 1.82) is 0 Å². The molecule has 0 saturated heterocycles. The smallest absolute Gasteiger partial charge is 0.435 e. The maximum atomic E-state index is 14.3. The number of carbonyl (C=O) groups is 2. The maximum absolute atomic E-state index is 14.3. The van der Waals surface area contributed by atoms with E-state index in [4.69, 9.17) is 21.4 Å². The van der Waals surface area contributed by atoms with E-state index in [0.717, 1.165) is 10.7 Å². The van der Waals surface area contributed by atoms with Crippen molar-refractivity contribution in [3.05, 3.63) is 51.6 Å². The fourth-order valence-electron chi connectivity index (χ4n) is 4.45. The Bertz CT molecular complexity index is 1100. The van der Waals surface area contributed by atoms with Gasteiger partial charge in [0.15, 0.2) is 5.69 Å². The van der Waals surface area contributed by atoms with Crippen LogP contribution in [0, 0.1) is 11.7 Å². The first-order chi connectivity index (χ1) is 16.0. The molecular formula is C22H22ClF4N3O4. The summed E-state index contributed by atoms with van der Waals surface area (Å²) in [6, 6.07) is 3.88. The van der Waals surface area contributed by atoms with E-state index in [1.165, 1.54) is 17.0 Å². The summed E-state index contributed by atoms with van der Waals surface area (Å²) >= 11 is 5.76. The fourth-order valence-corrected chi connectivity index (χ4v) is 4.61. The van der Waals surface area contributed by atoms with Crippen LogP contribution < -0.4 is 0 Å². The Morgan fingerprint density at radius 3 is 2.53 bits per heavy atom. The summed E-state index contributed by atoms with van der Waals surface area (Å²) in [7, 11) is 0. The number of carboxylic acids is 1. The minimum Gasteiger partial charge on any atom is -0.481 e. The molecule has 1 aromatic carbocycles. The number of rotatable bonds is 4. The Morgan fingerprint density at radius 2 is 1.91 bits per heavy atom. The lowest BCUT2D eigenvalue weighted by Gasteiger charge is -2.31. The molecule has 1 amide bonds. The van der Waals surface area contributed by atoms with Crippen molar-refractivity contribution in [3.63, 3.8) is 0 Å². The van der Waals surface area contributed by atoms with Gasteiger partial charge in [-0.1, -0.05) is 17.7 Å². The van der Waals surface area contributed by atoms with E-state index in [0.29, 0.717) is 25.7 Å². The first kappa shape index (κ1) is 24.3. The predicted octanol–water partition coefficient (Wildman–Crippen LogP) is 4.88. The molecule has 0 radical (unpaired) electrons. The average Bonchev–Trinajstić information content (AvgIpc) is 3.14. The number of hydrogen-bond acceptors (Lipinski definition) is 4. The van der Waals surface area contributed by atoms with Gasteiger partial charge in [0.05, 0.1) is 24.7 Å². The number of halogens is 5. The van der Waals surface area contributed by atoms with E-state index >= 15 is 0 Å². The first-order valence-corrected chi connectivity index (χ1v) is 11.2. The second kappa shape index (κ2) is 9.44. The molecule has 12 heteroatoms. The molecule has 1 saturated carbocycles. The van der Waals surface area contributed by atoms with Gasteiger partial charge < -0.3 is 14.7 Å². The van der Waals surface area contributed by atoms with Crippen LogP contribution in [0.15, 0.2) is 18.2 Å². The summed E-state index contributed by atoms with van der Waals surface area (Å²) in [5.41, 5.74) is -0.789. The highest BCUT2D eigenvalue weighted by Crippen LogP contribution is 2.36. The normalized spacial score (nSPS) is 20.7. The number of aliphatic carboxylic acids is 1. The Kier molecular flexibility index (Phi) is 6.75. The zero-order valence-electron chi connectivity index (χ0n) is 17.9. The number of carboxylic acid groups (broad SMARTS) is 1. The highest BCUT2D eigenvalue weighted by Gasteiger charge is 2.41. The molecule has 0 bridgehead atoms. The number of ether oxygens (including phenoxy) is 1. The van der Waals surface area contributed by atoms with Crippen LogP contribution in [0.5, 0.6) is 0 Å². The molecular weight excluding hydrogens is 482 g/mol. The van der Waals surface area contributed by atoms with Crippen molar-refractivity contribution in [2.45, 2.75) is 57.5 Å². The van der Waals surface area contributed by atoms with Crippen molar-refractivity contribution >= 4 is 23.7 Å². The van der Waals surface area contributed by atoms with Gasteiger partial charge in [-0.25, -0.2) is 9.18 Å². The standard InChI is InChI=1S/C22H22ClF4N3O4/c23-14-4-1-13(17(24)9-14)10-30-18-11-29(8-7-16(18)19(28-30)22(25,26)27)21(33)34-15-5-2-12(3-6-15)20(31)32/h1,4,9,12,15H,2-3,5-8,10-11H2,(H,31,32)/t12-,15+. The molecule has 0 atom stereocenters. The quantitative estimate of drug-likeness (QED) is 0.601. The summed E-state index contributed by atoms with van der Waals surface area (Å²) in [5.74, 6) is -2.01. The molecule has 34 heavy (non-hydrogen) atoms. The first-order valence-electron chi connectivity index (χ1n) is 10.8. The van der Waals surface area contributed by atoms with Crippen molar-refractivity contribution in [2.24, 2.45) is 5.92 Å². The van der Waals surface area contributed by atoms with Crippen LogP contribution in [-0.4, -0.2) is 44.5 Å². The molecule has 0 unspecified atom stereocenters. The van der Waals surface area contributed by atoms with Crippen molar-refractivity contribution < 1.29 is 37.0 Å². The third-order valence-corrected chi connectivity index (χ3v) is 6.53. The van der Waals surface area contributed by atoms with Gasteiger partial charge in [0, 0.05) is 22.7 Å². The SMILES string of the molecule is O=C(O[C@H]1CC[C@@H](C(=O)O)CC1)N1CCc2c(C(F)(F)F)nn(Cc3ccc(Cl)cc3F)c2C1. The average molecular weight is 504 g/mol. The summed E-state index contributed by atoms with van der Waals surface area (Å²) in [5, 5.41) is 13.0. The van der Waals surface area contributed by atoms with Crippen molar-refractivity contribution in [1.82, 2.24) is 14.7 Å². The predicted molar refractivity (Wildman–Crippen MR) is 112 cm³/mol. The Labute approximate surface area is 197 Å². The lowest BCUT2D eigenvalue weighted by molar-refractivity contribution is -0.143. The van der Waals surface area contributed by atoms with E-state index in [-0.39, 0.29) is 47.9 Å². The molecule has 0 spiro atoms. The van der Waals surface area contributed by atoms with Gasteiger partial charge in [-0.2, -0.15) is 18.3 Å². The molecule has 1 aliphatic carbocycles. The molecule has 4 rings (SSSR count). The number of alkyl halides is 3. The summed E-state index contributed by atoms with van der Waals surface area (Å²) in [6.45, 7) is -0.416. The molecule has 2 aliphatic rings. The number of nitrogens with zero attached hydrogens (tertiary/aromatic N) is 3. The molecule has 184 valence electrons. The lowest BCUT2D eigenvalue weighted by atomic mass is 9.87. The highest BCUT2D eigenvalue weighted by atomic mass is 35.5. The van der Waals surface area contributed by atoms with E-state index in [1.807, 2.05) is 0 Å². The monoisotopic (exact) mass is 503 g/mol. The van der Waals surface area contributed by atoms with E-state index in [1.54, 1.807) is 0 Å². The minimum atomic E-state index is -4.70. The van der Waals surface area contributed by atoms with Crippen LogP contribution in [0.1, 0.15) is 48.2 Å². The van der Waals surface area contributed by atoms with Gasteiger partial charge in [-0.05, 0) is 44.2 Å². The number of amides is 1. The topological polar surface area (TPSA) is 84.7 Å². The fraction of sp³-hybridized carbons (Fsp3) is 0.500. The highest BCUT2D eigenvalue weighted by molar-refractivity contribution is 6.30. The van der Waals surface area contributed by atoms with Crippen molar-refractivity contribution in [3.8, 4) is 0 Å². The third kappa shape index (κ3) is 5.13. The molecule has 2 aromatic rings. The molecule has 1 aliphatic heterocycles. The van der Waals surface area contributed by atoms with Gasteiger partial charge in [0.2, 0.25) is 0 Å². The zero-order chi connectivity index (χ0) is 24.6. The second-order valence-electron chi connectivity index (χ2n) is 8.53. The number of benzene rings is 1. The van der Waals surface area contributed by atoms with E-state index < -0.39 is 41.8 Å². The summed E-state index contributed by atoms with van der Waals surface area (Å²) in [6.07, 6.45) is -4.28. The summed E-state index contributed by atoms with van der Waals surface area (Å²) in [4.78, 5) is 25.1. The van der Waals surface area contributed by atoms with Gasteiger partial charge in [-0.15, -0.1) is 0 Å². The van der Waals surface area contributed by atoms with Crippen LogP contribution in [0.2, 0.25) is 5.02 Å². The minimum absolute atomic E-state index is 0.0143. The molecule has 1 fully saturated rings. The van der Waals surface area contributed by atoms with Gasteiger partial charge in [-0.3, -0.25) is 9.48 Å². The van der Waals surface area contributed by atoms with Crippen LogP contribution >= 0.6 is 11.6 Å². The van der Waals surface area contributed by atoms with E-state index in [9.17, 15) is 27.2 Å². The molecule has 7 nitrogen and oxygen atoms in total. The van der Waals surface area contributed by atoms with Crippen LogP contribution in [-0.2, 0) is 35.2 Å². The maximum Gasteiger partial charge on any atom is 0.435 e. The third-order valence-electron chi connectivity index (χ3n) is 6.29. The molecule has 1 aromatic heterocycles. The Hall–Kier alpha value is -2.82. The van der Waals surface area contributed by atoms with Crippen LogP contribution in [0.3, 0.4) is 0 Å². The second-order valence-corrected chi connectivity index (χ2v) is 8.97. The van der Waals surface area contributed by atoms with Crippen LogP contribution in [0.25, 0.3) is 0 Å². The van der Waals surface area contributed by atoms with Gasteiger partial charge >= 0.3 is 18.2 Å². The number of hydrogen-bond donors (Lipinski definition) is 1. The number of aromatic nitrogens is 2. The Balaban J connectivity index is 1.52. The van der Waals surface area contributed by atoms with Gasteiger partial charge in [0.1, 0.15) is 11.9 Å². The molecule has 1 N–H and O–H groups in total. The van der Waals surface area contributed by atoms with E-state index in [2.05, 4.69) is 5.10 Å². The van der Waals surface area contributed by atoms with Crippen LogP contribution in [0.4, 0.5) is 22.4 Å². The lowest BCUT2D eigenvalue weighted by Crippen LogP contribution is -2.40. The number of fused-ring (bicyclic) bond motifs is 1. The van der Waals surface area contributed by atoms with Crippen molar-refractivity contribution in [2.75, 3.05) is 6.54 Å².